The van der Waals surface area contributed by atoms with Crippen LogP contribution in [0, 0.1) is 0 Å². The van der Waals surface area contributed by atoms with Crippen LogP contribution in [0.2, 0.25) is 0 Å². The van der Waals surface area contributed by atoms with Crippen LogP contribution < -0.4 is 0 Å². The number of rotatable bonds is 7. The third-order valence-electron chi connectivity index (χ3n) is 2.53. The molecule has 0 aromatic heterocycles. The quantitative estimate of drug-likeness (QED) is 0.701. The molecule has 0 aliphatic rings. The van der Waals surface area contributed by atoms with Gasteiger partial charge in [0.05, 0.1) is 0 Å². The SMILES string of the molecule is O=C(SCCC(F)C(F)C(F)C(F)F)c1ccccc1. The first-order valence-electron chi connectivity index (χ1n) is 5.86. The fourth-order valence-electron chi connectivity index (χ4n) is 1.42. The van der Waals surface area contributed by atoms with E-state index >= 15 is 0 Å². The van der Waals surface area contributed by atoms with Crippen molar-refractivity contribution in [3.8, 4) is 0 Å². The summed E-state index contributed by atoms with van der Waals surface area (Å²) in [4.78, 5) is 11.6. The van der Waals surface area contributed by atoms with Crippen molar-refractivity contribution < 1.29 is 26.7 Å². The molecule has 3 unspecified atom stereocenters. The van der Waals surface area contributed by atoms with E-state index in [2.05, 4.69) is 0 Å². The van der Waals surface area contributed by atoms with Gasteiger partial charge in [0, 0.05) is 11.3 Å². The van der Waals surface area contributed by atoms with E-state index in [1.165, 1.54) is 0 Å². The third kappa shape index (κ3) is 5.11. The second-order valence-electron chi connectivity index (χ2n) is 4.03. The van der Waals surface area contributed by atoms with Gasteiger partial charge in [0.15, 0.2) is 12.3 Å². The minimum atomic E-state index is -3.55. The minimum Gasteiger partial charge on any atom is -0.282 e. The summed E-state index contributed by atoms with van der Waals surface area (Å²) in [6.07, 6.45) is -12.4. The molecule has 0 fully saturated rings. The number of carbonyl (C=O) groups is 1. The van der Waals surface area contributed by atoms with E-state index in [4.69, 9.17) is 0 Å². The molecule has 0 N–H and O–H groups in total. The number of carbonyl (C=O) groups excluding carboxylic acids is 1. The van der Waals surface area contributed by atoms with Crippen molar-refractivity contribution in [3.05, 3.63) is 35.9 Å². The predicted octanol–water partition coefficient (Wildman–Crippen LogP) is 4.23. The van der Waals surface area contributed by atoms with Crippen molar-refractivity contribution in [2.75, 3.05) is 5.75 Å². The first kappa shape index (κ1) is 16.9. The normalized spacial score (nSPS) is 15.9. The maximum atomic E-state index is 13.2. The number of thioether (sulfide) groups is 1. The van der Waals surface area contributed by atoms with Gasteiger partial charge in [-0.25, -0.2) is 22.0 Å². The minimum absolute atomic E-state index is 0.106. The van der Waals surface area contributed by atoms with E-state index in [1.807, 2.05) is 0 Å². The van der Waals surface area contributed by atoms with Crippen LogP contribution in [0.3, 0.4) is 0 Å². The summed E-state index contributed by atoms with van der Waals surface area (Å²) < 4.78 is 62.5. The van der Waals surface area contributed by atoms with Crippen LogP contribution in [0.5, 0.6) is 0 Å². The molecule has 0 bridgehead atoms. The Kier molecular flexibility index (Phi) is 6.98. The van der Waals surface area contributed by atoms with Crippen LogP contribution in [-0.4, -0.2) is 35.8 Å². The Labute approximate surface area is 117 Å². The Balaban J connectivity index is 2.35. The number of alkyl halides is 5. The van der Waals surface area contributed by atoms with Crippen molar-refractivity contribution in [1.29, 1.82) is 0 Å². The Bertz CT molecular complexity index is 414. The molecule has 3 atom stereocenters. The van der Waals surface area contributed by atoms with E-state index < -0.39 is 31.4 Å². The summed E-state index contributed by atoms with van der Waals surface area (Å²) in [5.41, 5.74) is 0.403. The van der Waals surface area contributed by atoms with E-state index in [0.29, 0.717) is 5.56 Å². The average Bonchev–Trinajstić information content (AvgIpc) is 2.46. The van der Waals surface area contributed by atoms with Gasteiger partial charge in [0.2, 0.25) is 5.12 Å². The van der Waals surface area contributed by atoms with Crippen LogP contribution in [0.15, 0.2) is 30.3 Å². The van der Waals surface area contributed by atoms with Gasteiger partial charge < -0.3 is 0 Å². The lowest BCUT2D eigenvalue weighted by atomic mass is 10.1. The lowest BCUT2D eigenvalue weighted by molar-refractivity contribution is -0.0233. The molecule has 0 amide bonds. The monoisotopic (exact) mass is 312 g/mol. The lowest BCUT2D eigenvalue weighted by Gasteiger charge is -2.16. The summed E-state index contributed by atoms with van der Waals surface area (Å²) in [6, 6.07) is 8.15. The summed E-state index contributed by atoms with van der Waals surface area (Å²) in [6.45, 7) is 0. The van der Waals surface area contributed by atoms with Gasteiger partial charge >= 0.3 is 0 Å². The highest BCUT2D eigenvalue weighted by molar-refractivity contribution is 8.14. The molecule has 1 rings (SSSR count). The molecular weight excluding hydrogens is 299 g/mol. The first-order chi connectivity index (χ1) is 9.43. The molecule has 0 aliphatic heterocycles. The van der Waals surface area contributed by atoms with Gasteiger partial charge in [0.25, 0.3) is 6.43 Å². The van der Waals surface area contributed by atoms with Crippen molar-refractivity contribution in [2.45, 2.75) is 31.4 Å². The number of hydrogen-bond acceptors (Lipinski definition) is 2. The van der Waals surface area contributed by atoms with Crippen LogP contribution in [-0.2, 0) is 0 Å². The Morgan fingerprint density at radius 3 is 2.15 bits per heavy atom. The highest BCUT2D eigenvalue weighted by Gasteiger charge is 2.36. The van der Waals surface area contributed by atoms with E-state index in [0.717, 1.165) is 11.8 Å². The first-order valence-corrected chi connectivity index (χ1v) is 6.84. The molecule has 0 radical (unpaired) electrons. The highest BCUT2D eigenvalue weighted by Crippen LogP contribution is 2.22. The Morgan fingerprint density at radius 2 is 1.60 bits per heavy atom. The average molecular weight is 312 g/mol. The molecule has 1 nitrogen and oxygen atoms in total. The molecule has 20 heavy (non-hydrogen) atoms. The highest BCUT2D eigenvalue weighted by atomic mass is 32.2. The topological polar surface area (TPSA) is 17.1 Å². The maximum absolute atomic E-state index is 13.2. The van der Waals surface area contributed by atoms with Crippen molar-refractivity contribution in [3.63, 3.8) is 0 Å². The van der Waals surface area contributed by atoms with Gasteiger partial charge in [-0.05, 0) is 6.42 Å². The molecule has 0 spiro atoms. The predicted molar refractivity (Wildman–Crippen MR) is 68.5 cm³/mol. The summed E-state index contributed by atoms with van der Waals surface area (Å²) in [5, 5.41) is -0.334. The van der Waals surface area contributed by atoms with Gasteiger partial charge in [-0.3, -0.25) is 4.79 Å². The molecule has 7 heteroatoms. The second-order valence-corrected chi connectivity index (χ2v) is 5.10. The molecule has 0 aliphatic carbocycles. The van der Waals surface area contributed by atoms with E-state index in [-0.39, 0.29) is 10.9 Å². The van der Waals surface area contributed by atoms with Crippen molar-refractivity contribution in [1.82, 2.24) is 0 Å². The molecule has 112 valence electrons. The largest absolute Gasteiger partial charge is 0.282 e. The summed E-state index contributed by atoms with van der Waals surface area (Å²) in [5.74, 6) is -0.106. The van der Waals surface area contributed by atoms with Crippen LogP contribution in [0.4, 0.5) is 22.0 Å². The van der Waals surface area contributed by atoms with Crippen molar-refractivity contribution in [2.24, 2.45) is 0 Å². The molecule has 1 aromatic rings. The number of halogens is 5. The summed E-state index contributed by atoms with van der Waals surface area (Å²) >= 11 is 0.740. The molecule has 0 heterocycles. The van der Waals surface area contributed by atoms with Crippen LogP contribution >= 0.6 is 11.8 Å². The lowest BCUT2D eigenvalue weighted by Crippen LogP contribution is -2.33. The van der Waals surface area contributed by atoms with E-state index in [1.54, 1.807) is 30.3 Å². The van der Waals surface area contributed by atoms with Gasteiger partial charge in [0.1, 0.15) is 6.17 Å². The van der Waals surface area contributed by atoms with Crippen molar-refractivity contribution >= 4 is 16.9 Å². The fraction of sp³-hybridized carbons (Fsp3) is 0.462. The second kappa shape index (κ2) is 8.24. The molecular formula is C13H13F5OS. The van der Waals surface area contributed by atoms with Gasteiger partial charge in [-0.1, -0.05) is 42.1 Å². The fourth-order valence-corrected chi connectivity index (χ4v) is 2.25. The molecule has 0 saturated carbocycles. The zero-order valence-corrected chi connectivity index (χ0v) is 11.1. The standard InChI is InChI=1S/C13H13F5OS/c14-9(10(15)11(16)12(17)18)6-7-20-13(19)8-4-2-1-3-5-8/h1-5,9-12H,6-7H2. The smallest absolute Gasteiger partial charge is 0.272 e. The van der Waals surface area contributed by atoms with E-state index in [9.17, 15) is 26.7 Å². The Morgan fingerprint density at radius 1 is 1.00 bits per heavy atom. The maximum Gasteiger partial charge on any atom is 0.272 e. The molecule has 0 saturated heterocycles. The number of benzene rings is 1. The summed E-state index contributed by atoms with van der Waals surface area (Å²) in [7, 11) is 0. The van der Waals surface area contributed by atoms with Crippen LogP contribution in [0.25, 0.3) is 0 Å². The van der Waals surface area contributed by atoms with Gasteiger partial charge in [-0.2, -0.15) is 0 Å². The zero-order valence-electron chi connectivity index (χ0n) is 10.3. The van der Waals surface area contributed by atoms with Gasteiger partial charge in [-0.15, -0.1) is 0 Å². The van der Waals surface area contributed by atoms with Crippen LogP contribution in [0.1, 0.15) is 16.8 Å². The third-order valence-corrected chi connectivity index (χ3v) is 3.46. The number of hydrogen-bond donors (Lipinski definition) is 0. The zero-order chi connectivity index (χ0) is 15.1. The Hall–Kier alpha value is -1.11. The molecule has 1 aromatic carbocycles.